The summed E-state index contributed by atoms with van der Waals surface area (Å²) in [4.78, 5) is 4.98. The lowest BCUT2D eigenvalue weighted by molar-refractivity contribution is 0.340. The molecule has 0 bridgehead atoms. The van der Waals surface area contributed by atoms with Crippen molar-refractivity contribution in [1.29, 1.82) is 0 Å². The molecule has 0 amide bonds. The van der Waals surface area contributed by atoms with E-state index in [0.717, 1.165) is 28.1 Å². The summed E-state index contributed by atoms with van der Waals surface area (Å²) in [5, 5.41) is 0.873. The largest absolute Gasteiger partial charge is 0.494 e. The van der Waals surface area contributed by atoms with Gasteiger partial charge in [-0.05, 0) is 56.2 Å². The molecule has 2 heterocycles. The lowest BCUT2D eigenvalue weighted by Crippen LogP contribution is -2.30. The smallest absolute Gasteiger partial charge is 0.243 e. The Hall–Kier alpha value is -1.96. The number of benzene rings is 2. The van der Waals surface area contributed by atoms with Gasteiger partial charge in [0.05, 0.1) is 27.8 Å². The first-order valence-electron chi connectivity index (χ1n) is 8.70. The SMILES string of the molecule is CCOc1ccc(S(=O)(=O)N2CCC[C@H]2c2nc3ccccc3s2)cc1. The van der Waals surface area contributed by atoms with E-state index in [0.29, 0.717) is 23.8 Å². The number of ether oxygens (including phenoxy) is 1. The van der Waals surface area contributed by atoms with Gasteiger partial charge in [0.1, 0.15) is 10.8 Å². The van der Waals surface area contributed by atoms with E-state index < -0.39 is 10.0 Å². The van der Waals surface area contributed by atoms with Crippen LogP contribution in [-0.4, -0.2) is 30.9 Å². The minimum atomic E-state index is -3.56. The molecular weight excluding hydrogens is 368 g/mol. The van der Waals surface area contributed by atoms with Crippen molar-refractivity contribution in [3.8, 4) is 5.75 Å². The van der Waals surface area contributed by atoms with Gasteiger partial charge in [-0.1, -0.05) is 12.1 Å². The minimum absolute atomic E-state index is 0.191. The van der Waals surface area contributed by atoms with Crippen LogP contribution in [0.25, 0.3) is 10.2 Å². The van der Waals surface area contributed by atoms with Crippen molar-refractivity contribution < 1.29 is 13.2 Å². The van der Waals surface area contributed by atoms with Gasteiger partial charge in [0.2, 0.25) is 10.0 Å². The van der Waals surface area contributed by atoms with Crippen LogP contribution in [0.3, 0.4) is 0 Å². The van der Waals surface area contributed by atoms with Gasteiger partial charge in [-0.2, -0.15) is 4.31 Å². The molecule has 136 valence electrons. The number of hydrogen-bond donors (Lipinski definition) is 0. The quantitative estimate of drug-likeness (QED) is 0.657. The summed E-state index contributed by atoms with van der Waals surface area (Å²) in [6, 6.07) is 14.4. The van der Waals surface area contributed by atoms with Crippen molar-refractivity contribution in [1.82, 2.24) is 9.29 Å². The fourth-order valence-corrected chi connectivity index (χ4v) is 6.16. The average Bonchev–Trinajstić information content (AvgIpc) is 3.29. The van der Waals surface area contributed by atoms with Gasteiger partial charge in [-0.15, -0.1) is 11.3 Å². The minimum Gasteiger partial charge on any atom is -0.494 e. The standard InChI is InChI=1S/C19H20N2O3S2/c1-2-24-14-9-11-15(12-10-14)26(22,23)21-13-5-7-17(21)19-20-16-6-3-4-8-18(16)25-19/h3-4,6,8-12,17H,2,5,7,13H2,1H3/t17-/m0/s1. The molecule has 1 aromatic heterocycles. The maximum atomic E-state index is 13.2. The zero-order valence-corrected chi connectivity index (χ0v) is 16.1. The number of sulfonamides is 1. The Bertz CT molecular complexity index is 980. The number of para-hydroxylation sites is 1. The van der Waals surface area contributed by atoms with Crippen LogP contribution in [0, 0.1) is 0 Å². The zero-order chi connectivity index (χ0) is 18.1. The molecule has 1 saturated heterocycles. The molecule has 3 aromatic rings. The third-order valence-corrected chi connectivity index (χ3v) is 7.60. The first kappa shape index (κ1) is 17.5. The van der Waals surface area contributed by atoms with E-state index in [4.69, 9.17) is 4.74 Å². The summed E-state index contributed by atoms with van der Waals surface area (Å²) in [5.41, 5.74) is 0.929. The molecule has 1 fully saturated rings. The maximum Gasteiger partial charge on any atom is 0.243 e. The summed E-state index contributed by atoms with van der Waals surface area (Å²) in [6.07, 6.45) is 1.65. The summed E-state index contributed by atoms with van der Waals surface area (Å²) in [7, 11) is -3.56. The van der Waals surface area contributed by atoms with Crippen molar-refractivity contribution >= 4 is 31.6 Å². The maximum absolute atomic E-state index is 13.2. The van der Waals surface area contributed by atoms with Crippen molar-refractivity contribution in [3.05, 3.63) is 53.5 Å². The normalized spacial score (nSPS) is 18.4. The van der Waals surface area contributed by atoms with Gasteiger partial charge in [0, 0.05) is 6.54 Å². The van der Waals surface area contributed by atoms with E-state index in [1.165, 1.54) is 0 Å². The highest BCUT2D eigenvalue weighted by Crippen LogP contribution is 2.39. The average molecular weight is 389 g/mol. The molecule has 0 unspecified atom stereocenters. The van der Waals surface area contributed by atoms with Crippen molar-refractivity contribution in [3.63, 3.8) is 0 Å². The van der Waals surface area contributed by atoms with Gasteiger partial charge >= 0.3 is 0 Å². The molecule has 0 saturated carbocycles. The Kier molecular flexibility index (Phi) is 4.69. The number of aromatic nitrogens is 1. The van der Waals surface area contributed by atoms with E-state index in [-0.39, 0.29) is 6.04 Å². The van der Waals surface area contributed by atoms with E-state index in [1.54, 1.807) is 39.9 Å². The molecule has 0 spiro atoms. The lowest BCUT2D eigenvalue weighted by atomic mass is 10.2. The molecule has 0 aliphatic carbocycles. The Labute approximate surface area is 157 Å². The van der Waals surface area contributed by atoms with Gasteiger partial charge in [-0.25, -0.2) is 13.4 Å². The van der Waals surface area contributed by atoms with E-state index in [1.807, 2.05) is 31.2 Å². The van der Waals surface area contributed by atoms with Crippen LogP contribution < -0.4 is 4.74 Å². The number of fused-ring (bicyclic) bond motifs is 1. The number of thiazole rings is 1. The highest BCUT2D eigenvalue weighted by atomic mass is 32.2. The monoisotopic (exact) mass is 388 g/mol. The summed E-state index contributed by atoms with van der Waals surface area (Å²) in [6.45, 7) is 2.98. The van der Waals surface area contributed by atoms with Crippen LogP contribution in [0.2, 0.25) is 0 Å². The zero-order valence-electron chi connectivity index (χ0n) is 14.5. The van der Waals surface area contributed by atoms with Crippen molar-refractivity contribution in [2.24, 2.45) is 0 Å². The predicted octanol–water partition coefficient (Wildman–Crippen LogP) is 4.22. The van der Waals surface area contributed by atoms with Crippen LogP contribution in [0.5, 0.6) is 5.75 Å². The molecule has 4 rings (SSSR count). The van der Waals surface area contributed by atoms with E-state index in [2.05, 4.69) is 4.98 Å². The highest BCUT2D eigenvalue weighted by Gasteiger charge is 2.37. The molecular formula is C19H20N2O3S2. The van der Waals surface area contributed by atoms with Crippen molar-refractivity contribution in [2.45, 2.75) is 30.7 Å². The fraction of sp³-hybridized carbons (Fsp3) is 0.316. The second kappa shape index (κ2) is 6.98. The Morgan fingerprint density at radius 1 is 1.19 bits per heavy atom. The molecule has 5 nitrogen and oxygen atoms in total. The predicted molar refractivity (Wildman–Crippen MR) is 103 cm³/mol. The second-order valence-electron chi connectivity index (χ2n) is 6.20. The first-order chi connectivity index (χ1) is 12.6. The van der Waals surface area contributed by atoms with Gasteiger partial charge < -0.3 is 4.74 Å². The molecule has 0 radical (unpaired) electrons. The van der Waals surface area contributed by atoms with Gasteiger partial charge in [-0.3, -0.25) is 0 Å². The lowest BCUT2D eigenvalue weighted by Gasteiger charge is -2.22. The van der Waals surface area contributed by atoms with Crippen LogP contribution >= 0.6 is 11.3 Å². The number of hydrogen-bond acceptors (Lipinski definition) is 5. The topological polar surface area (TPSA) is 59.5 Å². The fourth-order valence-electron chi connectivity index (χ4n) is 3.32. The third kappa shape index (κ3) is 3.11. The first-order valence-corrected chi connectivity index (χ1v) is 11.0. The van der Waals surface area contributed by atoms with Crippen LogP contribution in [-0.2, 0) is 10.0 Å². The molecule has 1 aliphatic heterocycles. The number of rotatable bonds is 5. The van der Waals surface area contributed by atoms with E-state index >= 15 is 0 Å². The molecule has 0 N–H and O–H groups in total. The number of nitrogens with zero attached hydrogens (tertiary/aromatic N) is 2. The molecule has 7 heteroatoms. The van der Waals surface area contributed by atoms with Gasteiger partial charge in [0.25, 0.3) is 0 Å². The Balaban J connectivity index is 1.66. The van der Waals surface area contributed by atoms with E-state index in [9.17, 15) is 8.42 Å². The summed E-state index contributed by atoms with van der Waals surface area (Å²) in [5.74, 6) is 0.676. The Morgan fingerprint density at radius 2 is 1.96 bits per heavy atom. The molecule has 1 aliphatic rings. The Morgan fingerprint density at radius 3 is 2.69 bits per heavy atom. The molecule has 26 heavy (non-hydrogen) atoms. The highest BCUT2D eigenvalue weighted by molar-refractivity contribution is 7.89. The van der Waals surface area contributed by atoms with Gasteiger partial charge in [0.15, 0.2) is 0 Å². The van der Waals surface area contributed by atoms with Crippen LogP contribution in [0.15, 0.2) is 53.4 Å². The van der Waals surface area contributed by atoms with Crippen molar-refractivity contribution in [2.75, 3.05) is 13.2 Å². The van der Waals surface area contributed by atoms with Crippen LogP contribution in [0.4, 0.5) is 0 Å². The summed E-state index contributed by atoms with van der Waals surface area (Å²) >= 11 is 1.58. The third-order valence-electron chi connectivity index (χ3n) is 4.54. The molecule has 2 aromatic carbocycles. The molecule has 1 atom stereocenters. The summed E-state index contributed by atoms with van der Waals surface area (Å²) < 4.78 is 34.4. The van der Waals surface area contributed by atoms with Crippen LogP contribution in [0.1, 0.15) is 30.8 Å². The second-order valence-corrected chi connectivity index (χ2v) is 9.15.